The number of furan rings is 3. The molecule has 135 heavy (non-hydrogen) atoms. The van der Waals surface area contributed by atoms with Crippen molar-refractivity contribution in [2.45, 2.75) is 78.6 Å². The van der Waals surface area contributed by atoms with E-state index in [4.69, 9.17) is 13.3 Å². The number of rotatable bonds is 9. The number of para-hydroxylation sites is 4. The second-order valence-corrected chi connectivity index (χ2v) is 40.1. The van der Waals surface area contributed by atoms with Gasteiger partial charge in [0, 0.05) is 37.9 Å². The highest BCUT2D eigenvalue weighted by atomic mass is 16.3. The molecule has 0 atom stereocenters. The summed E-state index contributed by atoms with van der Waals surface area (Å²) in [5, 5.41) is 30.6. The zero-order valence-electron chi connectivity index (χ0n) is 77.1. The molecule has 3 heterocycles. The highest BCUT2D eigenvalue weighted by molar-refractivity contribution is 6.32. The molecule has 3 heteroatoms. The van der Waals surface area contributed by atoms with Crippen molar-refractivity contribution in [1.29, 1.82) is 0 Å². The molecule has 0 spiro atoms. The standard InChI is InChI=1S/3C44H32O/c1-44(2,3)32-24-30-19-21-35-38(27-11-5-4-6-12-27)26-39(36-22-20-31(25-32)41(30)42(35)36)29-14-9-13-28(23-29)33-16-10-17-37-34-15-7-8-18-40(34)45-43(33)37;1-44(2,3)33-23-31-17-20-36-38(27-10-5-4-6-11-27)26-39(37-21-18-32(24-33)42(31)43(36)37)30-13-9-12-28(22-30)29-16-19-35-34-14-7-8-15-40(34)45-41(35)25-29;1-44(2,3)32-24-30-20-22-34-37(27-10-5-4-6-11-27)26-38(35-23-21-31(25-32)41(30)43(34)35)29-18-16-28(17-19-29)33-13-9-15-40-42(33)36-12-7-8-14-39(36)45-40/h3*4-26H,1-3H3. The van der Waals surface area contributed by atoms with Gasteiger partial charge in [0.25, 0.3) is 0 Å². The van der Waals surface area contributed by atoms with E-state index in [2.05, 4.69) is 451 Å². The zero-order valence-corrected chi connectivity index (χ0v) is 77.1. The van der Waals surface area contributed by atoms with Gasteiger partial charge in [-0.15, -0.1) is 0 Å². The van der Waals surface area contributed by atoms with Crippen LogP contribution in [0.4, 0.5) is 0 Å². The second-order valence-electron chi connectivity index (χ2n) is 40.1. The summed E-state index contributed by atoms with van der Waals surface area (Å²) in [7, 11) is 0. The smallest absolute Gasteiger partial charge is 0.143 e. The quantitative estimate of drug-likeness (QED) is 0.135. The maximum absolute atomic E-state index is 6.44. The van der Waals surface area contributed by atoms with Gasteiger partial charge in [0.2, 0.25) is 0 Å². The van der Waals surface area contributed by atoms with Gasteiger partial charge in [0.1, 0.15) is 33.5 Å². The molecular weight excluding hydrogens is 1630 g/mol. The summed E-state index contributed by atoms with van der Waals surface area (Å²) in [4.78, 5) is 0. The molecule has 27 rings (SSSR count). The molecule has 3 nitrogen and oxygen atoms in total. The van der Waals surface area contributed by atoms with Gasteiger partial charge in [-0.2, -0.15) is 0 Å². The minimum absolute atomic E-state index is 0.0773. The third-order valence-corrected chi connectivity index (χ3v) is 28.7. The Morgan fingerprint density at radius 3 is 0.837 bits per heavy atom. The van der Waals surface area contributed by atoms with Crippen molar-refractivity contribution >= 4 is 163 Å². The van der Waals surface area contributed by atoms with Crippen molar-refractivity contribution in [3.63, 3.8) is 0 Å². The van der Waals surface area contributed by atoms with Gasteiger partial charge in [-0.25, -0.2) is 0 Å². The Kier molecular flexibility index (Phi) is 18.7. The SMILES string of the molecule is CC(C)(C)c1cc2ccc3c(-c4ccccc4)cc(-c4ccc(-c5cccc6oc7ccccc7c56)cc4)c4ccc(c1)c2c34.CC(C)(C)c1cc2ccc3c(-c4ccccc4)cc(-c4cccc(-c5ccc6c(c5)oc5ccccc56)c4)c4ccc(c1)c2c34.CC(C)(C)c1cc2ccc3c(-c4ccccc4)cc(-c4cccc(-c5cccc6c5oc5ccccc56)c4)c4ccc(c1)c2c34. The summed E-state index contributed by atoms with van der Waals surface area (Å²) in [6.45, 7) is 20.7. The van der Waals surface area contributed by atoms with Crippen LogP contribution in [0.2, 0.25) is 0 Å². The molecule has 0 unspecified atom stereocenters. The van der Waals surface area contributed by atoms with Gasteiger partial charge in [-0.1, -0.05) is 414 Å². The summed E-state index contributed by atoms with van der Waals surface area (Å²) < 4.78 is 18.9. The minimum atomic E-state index is 0.0773. The van der Waals surface area contributed by atoms with E-state index in [1.54, 1.807) is 0 Å². The Balaban J connectivity index is 0.000000108. The number of fused-ring (bicyclic) bond motifs is 9. The molecule has 0 aliphatic heterocycles. The normalized spacial score (nSPS) is 12.3. The van der Waals surface area contributed by atoms with E-state index >= 15 is 0 Å². The van der Waals surface area contributed by atoms with E-state index in [0.29, 0.717) is 0 Å². The van der Waals surface area contributed by atoms with Gasteiger partial charge in [0.15, 0.2) is 0 Å². The van der Waals surface area contributed by atoms with E-state index in [0.717, 1.165) is 77.1 Å². The highest BCUT2D eigenvalue weighted by Gasteiger charge is 2.27. The van der Waals surface area contributed by atoms with Crippen molar-refractivity contribution in [3.05, 3.63) is 435 Å². The average Bonchev–Trinajstić information content (AvgIpc) is 0.882. The molecule has 642 valence electrons. The molecule has 0 bridgehead atoms. The minimum Gasteiger partial charge on any atom is -0.456 e. The maximum atomic E-state index is 6.44. The lowest BCUT2D eigenvalue weighted by Crippen LogP contribution is -2.10. The third-order valence-electron chi connectivity index (χ3n) is 28.7. The van der Waals surface area contributed by atoms with Crippen LogP contribution < -0.4 is 0 Å². The van der Waals surface area contributed by atoms with Crippen LogP contribution in [0, 0.1) is 0 Å². The lowest BCUT2D eigenvalue weighted by molar-refractivity contribution is 0.591. The van der Waals surface area contributed by atoms with Crippen LogP contribution in [-0.4, -0.2) is 0 Å². The number of hydrogen-bond acceptors (Lipinski definition) is 3. The largest absolute Gasteiger partial charge is 0.456 e. The molecule has 0 aliphatic rings. The summed E-state index contributed by atoms with van der Waals surface area (Å²) in [6.07, 6.45) is 0. The Bertz CT molecular complexity index is 9330. The van der Waals surface area contributed by atoms with Gasteiger partial charge in [-0.05, 0) is 291 Å². The first-order chi connectivity index (χ1) is 65.8. The molecular formula is C132H96O3. The molecule has 0 radical (unpaired) electrons. The van der Waals surface area contributed by atoms with E-state index in [1.807, 2.05) is 30.3 Å². The molecule has 24 aromatic carbocycles. The predicted octanol–water partition coefficient (Wildman–Crippen LogP) is 38.3. The van der Waals surface area contributed by atoms with E-state index < -0.39 is 0 Å². The molecule has 0 saturated heterocycles. The first-order valence-corrected chi connectivity index (χ1v) is 47.3. The Morgan fingerprint density at radius 1 is 0.141 bits per heavy atom. The van der Waals surface area contributed by atoms with Crippen LogP contribution in [0.1, 0.15) is 79.0 Å². The number of hydrogen-bond donors (Lipinski definition) is 0. The van der Waals surface area contributed by atoms with Gasteiger partial charge in [-0.3, -0.25) is 0 Å². The van der Waals surface area contributed by atoms with Gasteiger partial charge < -0.3 is 13.3 Å². The molecule has 27 aromatic rings. The van der Waals surface area contributed by atoms with Crippen LogP contribution in [0.5, 0.6) is 0 Å². The van der Waals surface area contributed by atoms with Crippen LogP contribution in [0.3, 0.4) is 0 Å². The first kappa shape index (κ1) is 80.8. The predicted molar refractivity (Wildman–Crippen MR) is 577 cm³/mol. The van der Waals surface area contributed by atoms with Crippen LogP contribution in [-0.2, 0) is 16.2 Å². The maximum Gasteiger partial charge on any atom is 0.143 e. The summed E-state index contributed by atoms with van der Waals surface area (Å²) in [5.41, 5.74) is 31.7. The van der Waals surface area contributed by atoms with E-state index in [9.17, 15) is 0 Å². The second kappa shape index (κ2) is 31.2. The first-order valence-electron chi connectivity index (χ1n) is 47.3. The topological polar surface area (TPSA) is 39.4 Å². The summed E-state index contributed by atoms with van der Waals surface area (Å²) >= 11 is 0. The van der Waals surface area contributed by atoms with Crippen LogP contribution in [0.15, 0.2) is 432 Å². The summed E-state index contributed by atoms with van der Waals surface area (Å²) in [6, 6.07) is 153. The van der Waals surface area contributed by atoms with E-state index in [1.165, 1.54) is 202 Å². The van der Waals surface area contributed by atoms with Crippen LogP contribution in [0.25, 0.3) is 263 Å². The molecule has 0 fully saturated rings. The monoisotopic (exact) mass is 1730 g/mol. The fraction of sp³-hybridized carbons (Fsp3) is 0.0909. The number of benzene rings is 24. The van der Waals surface area contributed by atoms with Gasteiger partial charge in [0.05, 0.1) is 0 Å². The third kappa shape index (κ3) is 13.7. The Morgan fingerprint density at radius 2 is 0.407 bits per heavy atom. The van der Waals surface area contributed by atoms with E-state index in [-0.39, 0.29) is 16.2 Å². The van der Waals surface area contributed by atoms with Crippen molar-refractivity contribution in [3.8, 4) is 100 Å². The van der Waals surface area contributed by atoms with Gasteiger partial charge >= 0.3 is 0 Å². The zero-order chi connectivity index (χ0) is 90.9. The van der Waals surface area contributed by atoms with Crippen molar-refractivity contribution in [2.75, 3.05) is 0 Å². The van der Waals surface area contributed by atoms with Crippen molar-refractivity contribution < 1.29 is 13.3 Å². The van der Waals surface area contributed by atoms with Crippen LogP contribution >= 0.6 is 0 Å². The fourth-order valence-electron chi connectivity index (χ4n) is 21.8. The Hall–Kier alpha value is -16.2. The molecule has 0 N–H and O–H groups in total. The Labute approximate surface area is 784 Å². The molecule has 0 saturated carbocycles. The summed E-state index contributed by atoms with van der Waals surface area (Å²) in [5.74, 6) is 0. The molecule has 0 aliphatic carbocycles. The lowest BCUT2D eigenvalue weighted by Gasteiger charge is -2.23. The fourth-order valence-corrected chi connectivity index (χ4v) is 21.8. The average molecular weight is 1730 g/mol. The molecule has 3 aromatic heterocycles. The van der Waals surface area contributed by atoms with Crippen molar-refractivity contribution in [2.24, 2.45) is 0 Å². The lowest BCUT2D eigenvalue weighted by atomic mass is 9.81. The molecule has 0 amide bonds. The highest BCUT2D eigenvalue weighted by Crippen LogP contribution is 2.52. The van der Waals surface area contributed by atoms with Crippen molar-refractivity contribution in [1.82, 2.24) is 0 Å².